The second-order valence-electron chi connectivity index (χ2n) is 5.00. The third-order valence-electron chi connectivity index (χ3n) is 3.20. The van der Waals surface area contributed by atoms with E-state index in [2.05, 4.69) is 15.8 Å². The van der Waals surface area contributed by atoms with Crippen LogP contribution in [0.5, 0.6) is 5.75 Å². The van der Waals surface area contributed by atoms with Crippen molar-refractivity contribution in [1.29, 1.82) is 0 Å². The van der Waals surface area contributed by atoms with Crippen LogP contribution in [0.2, 0.25) is 10.0 Å². The molecule has 0 unspecified atom stereocenters. The maximum atomic E-state index is 12.0. The molecule has 1 atom stereocenters. The second-order valence-corrected chi connectivity index (χ2v) is 5.82. The van der Waals surface area contributed by atoms with Crippen LogP contribution in [0.4, 0.5) is 5.69 Å². The van der Waals surface area contributed by atoms with Crippen molar-refractivity contribution >= 4 is 41.0 Å². The van der Waals surface area contributed by atoms with Crippen molar-refractivity contribution in [3.8, 4) is 5.75 Å². The van der Waals surface area contributed by atoms with Crippen LogP contribution in [-0.2, 0) is 4.79 Å². The van der Waals surface area contributed by atoms with E-state index in [-0.39, 0.29) is 5.91 Å². The molecule has 0 spiro atoms. The lowest BCUT2D eigenvalue weighted by atomic mass is 10.2. The van der Waals surface area contributed by atoms with Crippen molar-refractivity contribution in [1.82, 2.24) is 5.43 Å². The molecule has 2 rings (SSSR count). The molecule has 0 fully saturated rings. The van der Waals surface area contributed by atoms with E-state index in [1.165, 1.54) is 0 Å². The van der Waals surface area contributed by atoms with Gasteiger partial charge in [-0.15, -0.1) is 0 Å². The largest absolute Gasteiger partial charge is 0.497 e. The van der Waals surface area contributed by atoms with Gasteiger partial charge in [0.15, 0.2) is 0 Å². The van der Waals surface area contributed by atoms with Crippen molar-refractivity contribution in [2.24, 2.45) is 5.10 Å². The number of methoxy groups -OCH3 is 1. The maximum Gasteiger partial charge on any atom is 0.262 e. The van der Waals surface area contributed by atoms with Crippen LogP contribution in [-0.4, -0.2) is 25.3 Å². The highest BCUT2D eigenvalue weighted by molar-refractivity contribution is 6.42. The summed E-state index contributed by atoms with van der Waals surface area (Å²) in [6, 6.07) is 11.9. The smallest absolute Gasteiger partial charge is 0.262 e. The minimum absolute atomic E-state index is 0.272. The zero-order valence-corrected chi connectivity index (χ0v) is 14.7. The fourth-order valence-electron chi connectivity index (χ4n) is 1.86. The van der Waals surface area contributed by atoms with Crippen molar-refractivity contribution in [3.63, 3.8) is 0 Å². The predicted octanol–water partition coefficient (Wildman–Crippen LogP) is 3.95. The lowest BCUT2D eigenvalue weighted by Gasteiger charge is -2.13. The molecule has 24 heavy (non-hydrogen) atoms. The molecule has 0 saturated heterocycles. The summed E-state index contributed by atoms with van der Waals surface area (Å²) in [6.45, 7) is 1.72. The van der Waals surface area contributed by atoms with E-state index >= 15 is 0 Å². The van der Waals surface area contributed by atoms with Gasteiger partial charge in [-0.25, -0.2) is 5.43 Å². The summed E-state index contributed by atoms with van der Waals surface area (Å²) < 4.78 is 5.08. The van der Waals surface area contributed by atoms with Gasteiger partial charge in [0.1, 0.15) is 11.8 Å². The van der Waals surface area contributed by atoms with Crippen molar-refractivity contribution in [2.75, 3.05) is 12.4 Å². The summed E-state index contributed by atoms with van der Waals surface area (Å²) in [4.78, 5) is 12.0. The number of halogens is 2. The molecule has 2 aromatic carbocycles. The van der Waals surface area contributed by atoms with E-state index in [0.29, 0.717) is 15.7 Å². The van der Waals surface area contributed by atoms with E-state index in [0.717, 1.165) is 11.3 Å². The van der Waals surface area contributed by atoms with E-state index in [1.54, 1.807) is 38.4 Å². The molecule has 0 aromatic heterocycles. The van der Waals surface area contributed by atoms with Gasteiger partial charge >= 0.3 is 0 Å². The number of nitrogens with zero attached hydrogens (tertiary/aromatic N) is 1. The average molecular weight is 366 g/mol. The molecule has 0 saturated carbocycles. The maximum absolute atomic E-state index is 12.0. The Morgan fingerprint density at radius 3 is 2.50 bits per heavy atom. The first-order chi connectivity index (χ1) is 11.5. The fourth-order valence-corrected chi connectivity index (χ4v) is 2.16. The number of carbonyl (C=O) groups excluding carboxylic acids is 1. The van der Waals surface area contributed by atoms with Crippen molar-refractivity contribution in [3.05, 3.63) is 58.1 Å². The highest BCUT2D eigenvalue weighted by atomic mass is 35.5. The van der Waals surface area contributed by atoms with Crippen LogP contribution in [0, 0.1) is 0 Å². The number of benzene rings is 2. The molecular formula is C17H17Cl2N3O2. The van der Waals surface area contributed by atoms with Gasteiger partial charge in [-0.1, -0.05) is 23.2 Å². The van der Waals surface area contributed by atoms with E-state index in [1.807, 2.05) is 24.3 Å². The molecule has 0 bridgehead atoms. The van der Waals surface area contributed by atoms with E-state index in [4.69, 9.17) is 27.9 Å². The lowest BCUT2D eigenvalue weighted by Crippen LogP contribution is -2.34. The molecule has 7 heteroatoms. The topological polar surface area (TPSA) is 62.7 Å². The summed E-state index contributed by atoms with van der Waals surface area (Å²) in [5.74, 6) is 0.487. The summed E-state index contributed by atoms with van der Waals surface area (Å²) >= 11 is 11.8. The molecule has 0 heterocycles. The van der Waals surface area contributed by atoms with Crippen LogP contribution >= 0.6 is 23.2 Å². The first-order valence-electron chi connectivity index (χ1n) is 7.18. The van der Waals surface area contributed by atoms with Gasteiger partial charge in [0.05, 0.1) is 23.4 Å². The second kappa shape index (κ2) is 8.57. The predicted molar refractivity (Wildman–Crippen MR) is 98.3 cm³/mol. The van der Waals surface area contributed by atoms with Crippen LogP contribution in [0.3, 0.4) is 0 Å². The molecule has 0 aliphatic rings. The SMILES string of the molecule is COc1ccc(/C=N\NC(=O)[C@H](C)Nc2ccc(Cl)c(Cl)c2)cc1. The normalized spacial score (nSPS) is 12.0. The molecular weight excluding hydrogens is 349 g/mol. The Morgan fingerprint density at radius 1 is 1.17 bits per heavy atom. The Bertz CT molecular complexity index is 733. The molecule has 2 aromatic rings. The van der Waals surface area contributed by atoms with Crippen molar-refractivity contribution in [2.45, 2.75) is 13.0 Å². The molecule has 1 amide bonds. The molecule has 2 N–H and O–H groups in total. The Morgan fingerprint density at radius 2 is 1.88 bits per heavy atom. The molecule has 5 nitrogen and oxygen atoms in total. The van der Waals surface area contributed by atoms with Gasteiger partial charge in [0.25, 0.3) is 5.91 Å². The minimum atomic E-state index is -0.491. The minimum Gasteiger partial charge on any atom is -0.497 e. The highest BCUT2D eigenvalue weighted by Crippen LogP contribution is 2.25. The first kappa shape index (κ1) is 18.1. The Hall–Kier alpha value is -2.24. The van der Waals surface area contributed by atoms with Crippen molar-refractivity contribution < 1.29 is 9.53 Å². The number of ether oxygens (including phenoxy) is 1. The number of hydrogen-bond acceptors (Lipinski definition) is 4. The third-order valence-corrected chi connectivity index (χ3v) is 3.94. The Balaban J connectivity index is 1.88. The zero-order valence-electron chi connectivity index (χ0n) is 13.2. The summed E-state index contributed by atoms with van der Waals surface area (Å²) in [5.41, 5.74) is 4.03. The lowest BCUT2D eigenvalue weighted by molar-refractivity contribution is -0.121. The molecule has 0 aliphatic heterocycles. The van der Waals surface area contributed by atoms with E-state index < -0.39 is 6.04 Å². The van der Waals surface area contributed by atoms with Gasteiger partial charge in [-0.05, 0) is 55.0 Å². The number of anilines is 1. The third kappa shape index (κ3) is 5.15. The van der Waals surface area contributed by atoms with E-state index in [9.17, 15) is 4.79 Å². The molecule has 0 aliphatic carbocycles. The van der Waals surface area contributed by atoms with Crippen LogP contribution in [0.1, 0.15) is 12.5 Å². The zero-order chi connectivity index (χ0) is 17.5. The quantitative estimate of drug-likeness (QED) is 0.601. The molecule has 126 valence electrons. The monoisotopic (exact) mass is 365 g/mol. The van der Waals surface area contributed by atoms with Gasteiger partial charge in [0, 0.05) is 5.69 Å². The molecule has 0 radical (unpaired) electrons. The van der Waals surface area contributed by atoms with Gasteiger partial charge in [0.2, 0.25) is 0 Å². The van der Waals surface area contributed by atoms with Gasteiger partial charge in [-0.2, -0.15) is 5.10 Å². The average Bonchev–Trinajstić information content (AvgIpc) is 2.58. The summed E-state index contributed by atoms with van der Waals surface area (Å²) in [7, 11) is 1.60. The number of carbonyl (C=O) groups is 1. The fraction of sp³-hybridized carbons (Fsp3) is 0.176. The number of amides is 1. The Labute approximate surface area is 150 Å². The van der Waals surface area contributed by atoms with Gasteiger partial charge in [-0.3, -0.25) is 4.79 Å². The number of nitrogens with one attached hydrogen (secondary N) is 2. The van der Waals surface area contributed by atoms with Crippen LogP contribution in [0.25, 0.3) is 0 Å². The first-order valence-corrected chi connectivity index (χ1v) is 7.93. The number of hydrazone groups is 1. The number of rotatable bonds is 6. The van der Waals surface area contributed by atoms with Crippen LogP contribution < -0.4 is 15.5 Å². The van der Waals surface area contributed by atoms with Gasteiger partial charge < -0.3 is 10.1 Å². The number of hydrogen-bond donors (Lipinski definition) is 2. The summed E-state index contributed by atoms with van der Waals surface area (Å²) in [5, 5.41) is 7.85. The summed E-state index contributed by atoms with van der Waals surface area (Å²) in [6.07, 6.45) is 1.56. The van der Waals surface area contributed by atoms with Crippen LogP contribution in [0.15, 0.2) is 47.6 Å². The Kier molecular flexibility index (Phi) is 6.46. The standard InChI is InChI=1S/C17H17Cl2N3O2/c1-11(21-13-5-8-15(18)16(19)9-13)17(23)22-20-10-12-3-6-14(24-2)7-4-12/h3-11,21H,1-2H3,(H,22,23)/b20-10-/t11-/m0/s1. The highest BCUT2D eigenvalue weighted by Gasteiger charge is 2.12.